The Bertz CT molecular complexity index is 911. The Morgan fingerprint density at radius 3 is 2.68 bits per heavy atom. The van der Waals surface area contributed by atoms with E-state index in [9.17, 15) is 8.60 Å². The zero-order valence-electron chi connectivity index (χ0n) is 18.6. The molecule has 31 heavy (non-hydrogen) atoms. The summed E-state index contributed by atoms with van der Waals surface area (Å²) in [5.41, 5.74) is 2.99. The van der Waals surface area contributed by atoms with Crippen molar-refractivity contribution in [3.05, 3.63) is 47.5 Å². The fraction of sp³-hybridized carbons (Fsp3) is 0.609. The summed E-state index contributed by atoms with van der Waals surface area (Å²) >= 11 is 0. The lowest BCUT2D eigenvalue weighted by Gasteiger charge is -2.36. The van der Waals surface area contributed by atoms with Gasteiger partial charge in [0.05, 0.1) is 41.1 Å². The van der Waals surface area contributed by atoms with Crippen molar-refractivity contribution in [1.82, 2.24) is 14.5 Å². The fourth-order valence-corrected chi connectivity index (χ4v) is 5.32. The van der Waals surface area contributed by atoms with Crippen molar-refractivity contribution >= 4 is 16.7 Å². The number of anilines is 1. The van der Waals surface area contributed by atoms with Gasteiger partial charge in [-0.25, -0.2) is 13.3 Å². The number of hydrogen-bond donors (Lipinski definition) is 1. The predicted molar refractivity (Wildman–Crippen MR) is 122 cm³/mol. The Morgan fingerprint density at radius 1 is 1.26 bits per heavy atom. The Balaban J connectivity index is 1.40. The highest BCUT2D eigenvalue weighted by Crippen LogP contribution is 2.30. The number of halogens is 1. The number of benzene rings is 1. The third-order valence-corrected chi connectivity index (χ3v) is 7.00. The van der Waals surface area contributed by atoms with E-state index < -0.39 is 11.0 Å². The number of piperidine rings is 1. The highest BCUT2D eigenvalue weighted by Gasteiger charge is 2.33. The second-order valence-corrected chi connectivity index (χ2v) is 10.1. The van der Waals surface area contributed by atoms with Crippen molar-refractivity contribution < 1.29 is 13.3 Å². The van der Waals surface area contributed by atoms with E-state index in [1.807, 2.05) is 12.1 Å². The van der Waals surface area contributed by atoms with Crippen LogP contribution in [0.25, 0.3) is 0 Å². The van der Waals surface area contributed by atoms with Crippen LogP contribution < -0.4 is 9.62 Å². The molecule has 2 aliphatic rings. The summed E-state index contributed by atoms with van der Waals surface area (Å²) in [5.74, 6) is 0.201. The first-order chi connectivity index (χ1) is 14.9. The highest BCUT2D eigenvalue weighted by atomic mass is 32.2. The number of nitrogens with one attached hydrogen (secondary N) is 1. The molecule has 1 aromatic carbocycles. The molecular weight excluding hydrogens is 415 g/mol. The van der Waals surface area contributed by atoms with Crippen molar-refractivity contribution in [2.45, 2.75) is 63.6 Å². The van der Waals surface area contributed by atoms with Gasteiger partial charge in [0.15, 0.2) is 0 Å². The zero-order valence-corrected chi connectivity index (χ0v) is 19.4. The minimum atomic E-state index is -1.09. The van der Waals surface area contributed by atoms with E-state index in [4.69, 9.17) is 9.84 Å². The average molecular weight is 449 g/mol. The van der Waals surface area contributed by atoms with E-state index in [-0.39, 0.29) is 24.0 Å². The fourth-order valence-electron chi connectivity index (χ4n) is 4.62. The van der Waals surface area contributed by atoms with Crippen molar-refractivity contribution in [2.24, 2.45) is 0 Å². The van der Waals surface area contributed by atoms with Crippen molar-refractivity contribution in [2.75, 3.05) is 30.9 Å². The molecule has 0 radical (unpaired) electrons. The topological polar surface area (TPSA) is 59.4 Å². The lowest BCUT2D eigenvalue weighted by atomic mass is 9.98. The van der Waals surface area contributed by atoms with Crippen LogP contribution in [-0.4, -0.2) is 52.1 Å². The van der Waals surface area contributed by atoms with Crippen molar-refractivity contribution in [3.63, 3.8) is 0 Å². The maximum Gasteiger partial charge on any atom is 0.146 e. The van der Waals surface area contributed by atoms with Gasteiger partial charge in [0, 0.05) is 31.1 Å². The van der Waals surface area contributed by atoms with Gasteiger partial charge in [-0.2, -0.15) is 5.10 Å². The van der Waals surface area contributed by atoms with Crippen LogP contribution in [0.1, 0.15) is 56.5 Å². The van der Waals surface area contributed by atoms with E-state index in [0.29, 0.717) is 18.2 Å². The largest absolute Gasteiger partial charge is 0.376 e. The van der Waals surface area contributed by atoms with Crippen molar-refractivity contribution in [3.8, 4) is 0 Å². The first kappa shape index (κ1) is 22.4. The number of hydrogen-bond acceptors (Lipinski definition) is 4. The first-order valence-electron chi connectivity index (χ1n) is 11.2. The smallest absolute Gasteiger partial charge is 0.146 e. The van der Waals surface area contributed by atoms with E-state index in [0.717, 1.165) is 44.5 Å². The number of para-hydroxylation sites is 1. The molecule has 170 valence electrons. The maximum atomic E-state index is 14.1. The molecule has 3 unspecified atom stereocenters. The molecule has 0 aliphatic carbocycles. The molecule has 6 nitrogen and oxygen atoms in total. The monoisotopic (exact) mass is 448 g/mol. The molecule has 0 bridgehead atoms. The molecule has 2 aliphatic heterocycles. The third kappa shape index (κ3) is 5.18. The van der Waals surface area contributed by atoms with Gasteiger partial charge >= 0.3 is 0 Å². The third-order valence-electron chi connectivity index (χ3n) is 6.37. The zero-order chi connectivity index (χ0) is 22.0. The summed E-state index contributed by atoms with van der Waals surface area (Å²) in [5, 5.41) is 4.86. The second-order valence-electron chi connectivity index (χ2n) is 8.92. The predicted octanol–water partition coefficient (Wildman–Crippen LogP) is 3.57. The summed E-state index contributed by atoms with van der Waals surface area (Å²) in [7, 11) is -1.09. The SMILES string of the molecule is CC(C)c1cc2n(n1)C(COC1CCN(c3ccccc3F)CC1)C(NS(C)=O)CC2. The van der Waals surface area contributed by atoms with Gasteiger partial charge in [0.25, 0.3) is 0 Å². The van der Waals surface area contributed by atoms with Gasteiger partial charge in [-0.15, -0.1) is 0 Å². The molecule has 8 heteroatoms. The van der Waals surface area contributed by atoms with Crippen LogP contribution in [0.5, 0.6) is 0 Å². The summed E-state index contributed by atoms with van der Waals surface area (Å²) < 4.78 is 37.6. The second kappa shape index (κ2) is 9.79. The lowest BCUT2D eigenvalue weighted by Crippen LogP contribution is -2.45. The molecule has 1 N–H and O–H groups in total. The summed E-state index contributed by atoms with van der Waals surface area (Å²) in [6.07, 6.45) is 5.38. The van der Waals surface area contributed by atoms with E-state index >= 15 is 0 Å². The number of fused-ring (bicyclic) bond motifs is 1. The Kier molecular flexibility index (Phi) is 7.08. The molecule has 1 aromatic heterocycles. The minimum Gasteiger partial charge on any atom is -0.376 e. The van der Waals surface area contributed by atoms with Gasteiger partial charge in [-0.1, -0.05) is 26.0 Å². The minimum absolute atomic E-state index is 0.0183. The van der Waals surface area contributed by atoms with Crippen LogP contribution in [0, 0.1) is 5.82 Å². The standard InChI is InChI=1S/C23H33FN4O2S/c1-16(2)21-14-17-8-9-20(26-31(3)29)23(28(17)25-21)15-30-18-10-12-27(13-11-18)22-7-5-4-6-19(22)24/h4-7,14,16,18,20,23,26H,8-13,15H2,1-3H3. The molecule has 2 aromatic rings. The number of rotatable bonds is 7. The van der Waals surface area contributed by atoms with Crippen LogP contribution in [0.15, 0.2) is 30.3 Å². The number of aryl methyl sites for hydroxylation is 1. The molecule has 4 rings (SSSR count). The van der Waals surface area contributed by atoms with Gasteiger partial charge < -0.3 is 9.64 Å². The van der Waals surface area contributed by atoms with Crippen LogP contribution in [0.2, 0.25) is 0 Å². The van der Waals surface area contributed by atoms with Crippen molar-refractivity contribution in [1.29, 1.82) is 0 Å². The molecule has 1 fully saturated rings. The molecule has 3 heterocycles. The normalized spacial score (nSPS) is 23.2. The summed E-state index contributed by atoms with van der Waals surface area (Å²) in [6, 6.07) is 9.23. The van der Waals surface area contributed by atoms with Gasteiger partial charge in [0.1, 0.15) is 5.82 Å². The number of aromatic nitrogens is 2. The van der Waals surface area contributed by atoms with Crippen LogP contribution in [-0.2, 0) is 22.1 Å². The molecule has 0 spiro atoms. The highest BCUT2D eigenvalue weighted by molar-refractivity contribution is 7.82. The first-order valence-corrected chi connectivity index (χ1v) is 12.8. The molecule has 3 atom stereocenters. The van der Waals surface area contributed by atoms with Crippen LogP contribution in [0.4, 0.5) is 10.1 Å². The lowest BCUT2D eigenvalue weighted by molar-refractivity contribution is 0.00614. The van der Waals surface area contributed by atoms with Crippen LogP contribution >= 0.6 is 0 Å². The number of ether oxygens (including phenoxy) is 1. The summed E-state index contributed by atoms with van der Waals surface area (Å²) in [6.45, 7) is 6.40. The number of nitrogens with zero attached hydrogens (tertiary/aromatic N) is 3. The molecule has 0 amide bonds. The van der Waals surface area contributed by atoms with Gasteiger partial charge in [-0.3, -0.25) is 4.68 Å². The molecule has 0 saturated carbocycles. The van der Waals surface area contributed by atoms with Gasteiger partial charge in [0.2, 0.25) is 0 Å². The average Bonchev–Trinajstić information content (AvgIpc) is 3.18. The quantitative estimate of drug-likeness (QED) is 0.704. The summed E-state index contributed by atoms with van der Waals surface area (Å²) in [4.78, 5) is 2.10. The Morgan fingerprint density at radius 2 is 2.00 bits per heavy atom. The van der Waals surface area contributed by atoms with E-state index in [1.165, 1.54) is 11.8 Å². The Hall–Kier alpha value is -1.77. The molecular formula is C23H33FN4O2S. The Labute approximate surface area is 186 Å². The molecule has 1 saturated heterocycles. The van der Waals surface area contributed by atoms with Gasteiger partial charge in [-0.05, 0) is 49.8 Å². The maximum absolute atomic E-state index is 14.1. The van der Waals surface area contributed by atoms with E-state index in [1.54, 1.807) is 12.3 Å². The van der Waals surface area contributed by atoms with Crippen LogP contribution in [0.3, 0.4) is 0 Å². The van der Waals surface area contributed by atoms with E-state index in [2.05, 4.69) is 34.2 Å².